The number of hydrogen-bond acceptors (Lipinski definition) is 7. The van der Waals surface area contributed by atoms with Crippen LogP contribution in [-0.4, -0.2) is 44.1 Å². The Hall–Kier alpha value is -3.21. The third-order valence-corrected chi connectivity index (χ3v) is 2.93. The highest BCUT2D eigenvalue weighted by Gasteiger charge is 2.14. The van der Waals surface area contributed by atoms with E-state index in [2.05, 4.69) is 16.4 Å². The molecule has 0 saturated heterocycles. The van der Waals surface area contributed by atoms with Crippen molar-refractivity contribution in [2.24, 2.45) is 5.16 Å². The standard InChI is InChI=1S/C16H16N2O6/c1-3-6-17-15(19)8-21-16(20)9-24-18-11(2)12-4-5-13-14(7-12)23-10-22-13/h1,4-5,7H,6,8-10H2,2H3,(H,17,19)/b18-11-. The van der Waals surface area contributed by atoms with Crippen molar-refractivity contribution in [3.8, 4) is 23.8 Å². The smallest absolute Gasteiger partial charge is 0.347 e. The second kappa shape index (κ2) is 8.43. The van der Waals surface area contributed by atoms with Crippen LogP contribution in [0.15, 0.2) is 23.4 Å². The van der Waals surface area contributed by atoms with Gasteiger partial charge in [-0.15, -0.1) is 6.42 Å². The first kappa shape index (κ1) is 17.1. The summed E-state index contributed by atoms with van der Waals surface area (Å²) in [5.74, 6) is 2.32. The molecule has 1 N–H and O–H groups in total. The summed E-state index contributed by atoms with van der Waals surface area (Å²) in [6.45, 7) is 1.15. The molecule has 1 aromatic rings. The first-order valence-corrected chi connectivity index (χ1v) is 7.02. The fourth-order valence-corrected chi connectivity index (χ4v) is 1.74. The number of carbonyl (C=O) groups excluding carboxylic acids is 2. The van der Waals surface area contributed by atoms with Crippen LogP contribution in [0, 0.1) is 12.3 Å². The van der Waals surface area contributed by atoms with Gasteiger partial charge in [0.1, 0.15) is 0 Å². The molecule has 2 rings (SSSR count). The molecule has 0 bridgehead atoms. The molecule has 0 radical (unpaired) electrons. The van der Waals surface area contributed by atoms with Crippen molar-refractivity contribution in [1.82, 2.24) is 5.32 Å². The average molecular weight is 332 g/mol. The van der Waals surface area contributed by atoms with Crippen molar-refractivity contribution in [2.75, 3.05) is 26.6 Å². The molecule has 0 atom stereocenters. The molecule has 24 heavy (non-hydrogen) atoms. The van der Waals surface area contributed by atoms with Crippen molar-refractivity contribution in [3.05, 3.63) is 23.8 Å². The molecule has 1 heterocycles. The summed E-state index contributed by atoms with van der Waals surface area (Å²) < 4.78 is 15.2. The lowest BCUT2D eigenvalue weighted by atomic mass is 10.1. The van der Waals surface area contributed by atoms with Gasteiger partial charge in [-0.2, -0.15) is 0 Å². The molecule has 0 aliphatic carbocycles. The van der Waals surface area contributed by atoms with Gasteiger partial charge in [0.25, 0.3) is 5.91 Å². The number of amides is 1. The Bertz CT molecular complexity index is 692. The maximum atomic E-state index is 11.4. The van der Waals surface area contributed by atoms with Crippen molar-refractivity contribution < 1.29 is 28.6 Å². The number of benzene rings is 1. The zero-order chi connectivity index (χ0) is 17.4. The predicted octanol–water partition coefficient (Wildman–Crippen LogP) is 0.448. The number of carbonyl (C=O) groups is 2. The van der Waals surface area contributed by atoms with Crippen molar-refractivity contribution in [2.45, 2.75) is 6.92 Å². The molecule has 0 unspecified atom stereocenters. The first-order chi connectivity index (χ1) is 11.6. The highest BCUT2D eigenvalue weighted by Crippen LogP contribution is 2.32. The molecule has 1 aliphatic heterocycles. The van der Waals surface area contributed by atoms with E-state index < -0.39 is 25.1 Å². The van der Waals surface area contributed by atoms with Gasteiger partial charge >= 0.3 is 5.97 Å². The minimum absolute atomic E-state index is 0.0753. The van der Waals surface area contributed by atoms with Crippen molar-refractivity contribution in [1.29, 1.82) is 0 Å². The van der Waals surface area contributed by atoms with Crippen LogP contribution in [0.5, 0.6) is 11.5 Å². The minimum atomic E-state index is -0.715. The zero-order valence-corrected chi connectivity index (χ0v) is 13.0. The molecule has 8 heteroatoms. The number of hydrogen-bond donors (Lipinski definition) is 1. The van der Waals surface area contributed by atoms with Crippen LogP contribution in [0.4, 0.5) is 0 Å². The van der Waals surface area contributed by atoms with Crippen LogP contribution >= 0.6 is 0 Å². The van der Waals surface area contributed by atoms with E-state index in [4.69, 9.17) is 25.5 Å². The quantitative estimate of drug-likeness (QED) is 0.337. The van der Waals surface area contributed by atoms with E-state index in [0.717, 1.165) is 5.56 Å². The highest BCUT2D eigenvalue weighted by molar-refractivity contribution is 5.99. The molecule has 1 aliphatic rings. The molecule has 0 aromatic heterocycles. The van der Waals surface area contributed by atoms with Gasteiger partial charge in [-0.3, -0.25) is 4.79 Å². The fourth-order valence-electron chi connectivity index (χ4n) is 1.74. The van der Waals surface area contributed by atoms with Gasteiger partial charge < -0.3 is 24.4 Å². The van der Waals surface area contributed by atoms with E-state index >= 15 is 0 Å². The van der Waals surface area contributed by atoms with E-state index in [0.29, 0.717) is 17.2 Å². The lowest BCUT2D eigenvalue weighted by molar-refractivity contribution is -0.152. The van der Waals surface area contributed by atoms with Gasteiger partial charge in [0.05, 0.1) is 12.3 Å². The maximum Gasteiger partial charge on any atom is 0.347 e. The average Bonchev–Trinajstić information content (AvgIpc) is 3.05. The van der Waals surface area contributed by atoms with Crippen LogP contribution in [0.3, 0.4) is 0 Å². The number of nitrogens with one attached hydrogen (secondary N) is 1. The van der Waals surface area contributed by atoms with E-state index in [1.54, 1.807) is 25.1 Å². The fraction of sp³-hybridized carbons (Fsp3) is 0.312. The number of oxime groups is 1. The van der Waals surface area contributed by atoms with Gasteiger partial charge in [-0.1, -0.05) is 11.1 Å². The largest absolute Gasteiger partial charge is 0.454 e. The topological polar surface area (TPSA) is 95.5 Å². The minimum Gasteiger partial charge on any atom is -0.454 e. The van der Waals surface area contributed by atoms with Gasteiger partial charge in [0.2, 0.25) is 13.4 Å². The second-order valence-electron chi connectivity index (χ2n) is 4.66. The predicted molar refractivity (Wildman–Crippen MR) is 83.5 cm³/mol. The molecule has 1 aromatic carbocycles. The number of ether oxygens (including phenoxy) is 3. The van der Waals surface area contributed by atoms with Crippen LogP contribution in [-0.2, 0) is 19.2 Å². The summed E-state index contributed by atoms with van der Waals surface area (Å²) in [5.41, 5.74) is 1.31. The van der Waals surface area contributed by atoms with Crippen LogP contribution < -0.4 is 14.8 Å². The summed E-state index contributed by atoms with van der Waals surface area (Å²) >= 11 is 0. The number of rotatable bonds is 7. The SMILES string of the molecule is C#CCNC(=O)COC(=O)CO/N=C(/C)c1ccc2c(c1)OCO2. The summed E-state index contributed by atoms with van der Waals surface area (Å²) in [5, 5.41) is 6.19. The third-order valence-electron chi connectivity index (χ3n) is 2.93. The van der Waals surface area contributed by atoms with Crippen LogP contribution in [0.2, 0.25) is 0 Å². The molecule has 0 spiro atoms. The van der Waals surface area contributed by atoms with Gasteiger partial charge in [0, 0.05) is 5.56 Å². The van der Waals surface area contributed by atoms with Gasteiger partial charge in [-0.25, -0.2) is 4.79 Å². The summed E-state index contributed by atoms with van der Waals surface area (Å²) in [6, 6.07) is 5.32. The first-order valence-electron chi connectivity index (χ1n) is 7.02. The van der Waals surface area contributed by atoms with E-state index in [9.17, 15) is 9.59 Å². The van der Waals surface area contributed by atoms with Crippen LogP contribution in [0.1, 0.15) is 12.5 Å². The van der Waals surface area contributed by atoms with Crippen molar-refractivity contribution in [3.63, 3.8) is 0 Å². The molecular formula is C16H16N2O6. The van der Waals surface area contributed by atoms with E-state index in [1.165, 1.54) is 0 Å². The Kier molecular flexibility index (Phi) is 6.02. The monoisotopic (exact) mass is 332 g/mol. The Labute approximate surface area is 138 Å². The van der Waals surface area contributed by atoms with Crippen molar-refractivity contribution >= 4 is 17.6 Å². The number of nitrogens with zero attached hydrogens (tertiary/aromatic N) is 1. The number of esters is 1. The molecule has 0 saturated carbocycles. The summed E-state index contributed by atoms with van der Waals surface area (Å²) in [4.78, 5) is 27.5. The van der Waals surface area contributed by atoms with Gasteiger partial charge in [-0.05, 0) is 25.1 Å². The van der Waals surface area contributed by atoms with Gasteiger partial charge in [0.15, 0.2) is 18.1 Å². The van der Waals surface area contributed by atoms with Crippen LogP contribution in [0.25, 0.3) is 0 Å². The summed E-state index contributed by atoms with van der Waals surface area (Å²) in [6.07, 6.45) is 4.98. The molecule has 8 nitrogen and oxygen atoms in total. The van der Waals surface area contributed by atoms with E-state index in [1.807, 2.05) is 0 Å². The normalized spacial score (nSPS) is 12.2. The lowest BCUT2D eigenvalue weighted by Gasteiger charge is -2.05. The Morgan fingerprint density at radius 1 is 1.33 bits per heavy atom. The molecule has 126 valence electrons. The molecule has 1 amide bonds. The Morgan fingerprint density at radius 3 is 2.92 bits per heavy atom. The molecule has 0 fully saturated rings. The maximum absolute atomic E-state index is 11.4. The zero-order valence-electron chi connectivity index (χ0n) is 13.0. The Morgan fingerprint density at radius 2 is 2.12 bits per heavy atom. The van der Waals surface area contributed by atoms with E-state index in [-0.39, 0.29) is 13.3 Å². The second-order valence-corrected chi connectivity index (χ2v) is 4.66. The third kappa shape index (κ3) is 4.91. The Balaban J connectivity index is 1.76. The summed E-state index contributed by atoms with van der Waals surface area (Å²) in [7, 11) is 0. The number of fused-ring (bicyclic) bond motifs is 1. The molecular weight excluding hydrogens is 316 g/mol. The number of terminal acetylenes is 1. The highest BCUT2D eigenvalue weighted by atomic mass is 16.7. The lowest BCUT2D eigenvalue weighted by Crippen LogP contribution is -2.29.